The normalized spacial score (nSPS) is 53.6. The zero-order valence-corrected chi connectivity index (χ0v) is 15.4. The molecule has 0 bridgehead atoms. The summed E-state index contributed by atoms with van der Waals surface area (Å²) in [4.78, 5) is 0. The average molecular weight is 331 g/mol. The standard InChI is InChI=1S/C22H34O2/c1-4-10-22(24)13-9-19-17-6-5-15-14-16(23)7-11-20(15,2)18(17)8-12-21(19,22)3/h4-5,16-19,23-24H,1,6-14H2,2-3H3/t16-,17-,18+,19-,20-,21-,22+/m1/s1. The summed E-state index contributed by atoms with van der Waals surface area (Å²) in [6, 6.07) is 0. The molecule has 0 aliphatic heterocycles. The molecule has 0 aromatic heterocycles. The Morgan fingerprint density at radius 2 is 1.92 bits per heavy atom. The van der Waals surface area contributed by atoms with Gasteiger partial charge in [-0.2, -0.15) is 0 Å². The summed E-state index contributed by atoms with van der Waals surface area (Å²) in [6.45, 7) is 8.72. The first-order chi connectivity index (χ1) is 11.3. The van der Waals surface area contributed by atoms with Crippen molar-refractivity contribution >= 4 is 0 Å². The molecule has 0 spiro atoms. The number of fused-ring (bicyclic) bond motifs is 5. The largest absolute Gasteiger partial charge is 0.393 e. The monoisotopic (exact) mass is 330 g/mol. The minimum Gasteiger partial charge on any atom is -0.393 e. The topological polar surface area (TPSA) is 40.5 Å². The number of aliphatic hydroxyl groups is 2. The molecule has 134 valence electrons. The van der Waals surface area contributed by atoms with Crippen molar-refractivity contribution in [2.45, 2.75) is 83.3 Å². The highest BCUT2D eigenvalue weighted by Crippen LogP contribution is 2.67. The van der Waals surface area contributed by atoms with Crippen LogP contribution >= 0.6 is 0 Å². The van der Waals surface area contributed by atoms with E-state index in [-0.39, 0.29) is 11.5 Å². The Morgan fingerprint density at radius 1 is 1.17 bits per heavy atom. The van der Waals surface area contributed by atoms with Gasteiger partial charge in [0.25, 0.3) is 0 Å². The number of allylic oxidation sites excluding steroid dienone is 1. The van der Waals surface area contributed by atoms with Crippen LogP contribution in [-0.4, -0.2) is 21.9 Å². The van der Waals surface area contributed by atoms with Crippen LogP contribution < -0.4 is 0 Å². The fourth-order valence-corrected chi connectivity index (χ4v) is 7.33. The Balaban J connectivity index is 1.66. The Hall–Kier alpha value is -0.600. The van der Waals surface area contributed by atoms with Crippen LogP contribution in [0.15, 0.2) is 24.3 Å². The van der Waals surface area contributed by atoms with Gasteiger partial charge in [0.1, 0.15) is 0 Å². The molecule has 0 aromatic carbocycles. The Morgan fingerprint density at radius 3 is 2.67 bits per heavy atom. The molecule has 3 saturated carbocycles. The van der Waals surface area contributed by atoms with Crippen molar-refractivity contribution in [3.8, 4) is 0 Å². The van der Waals surface area contributed by atoms with E-state index in [1.807, 2.05) is 6.08 Å². The van der Waals surface area contributed by atoms with Crippen molar-refractivity contribution < 1.29 is 10.2 Å². The van der Waals surface area contributed by atoms with E-state index in [0.717, 1.165) is 50.9 Å². The van der Waals surface area contributed by atoms with Gasteiger partial charge in [0.15, 0.2) is 0 Å². The summed E-state index contributed by atoms with van der Waals surface area (Å²) in [5.74, 6) is 2.10. The molecule has 4 rings (SSSR count). The van der Waals surface area contributed by atoms with Gasteiger partial charge < -0.3 is 10.2 Å². The molecule has 0 unspecified atom stereocenters. The van der Waals surface area contributed by atoms with Gasteiger partial charge in [0.2, 0.25) is 0 Å². The molecule has 4 aliphatic rings. The van der Waals surface area contributed by atoms with E-state index in [1.165, 1.54) is 18.4 Å². The minimum absolute atomic E-state index is 0.0538. The summed E-state index contributed by atoms with van der Waals surface area (Å²) in [5, 5.41) is 21.4. The summed E-state index contributed by atoms with van der Waals surface area (Å²) in [7, 11) is 0. The Labute approximate surface area is 147 Å². The third-order valence-electron chi connectivity index (χ3n) is 8.88. The number of hydrogen-bond donors (Lipinski definition) is 2. The summed E-state index contributed by atoms with van der Waals surface area (Å²) < 4.78 is 0. The zero-order valence-electron chi connectivity index (χ0n) is 15.4. The van der Waals surface area contributed by atoms with E-state index in [0.29, 0.717) is 17.3 Å². The summed E-state index contributed by atoms with van der Waals surface area (Å²) >= 11 is 0. The molecule has 7 atom stereocenters. The van der Waals surface area contributed by atoms with Crippen molar-refractivity contribution in [1.29, 1.82) is 0 Å². The zero-order chi connectivity index (χ0) is 17.2. The van der Waals surface area contributed by atoms with Crippen molar-refractivity contribution in [2.24, 2.45) is 28.6 Å². The number of rotatable bonds is 2. The molecule has 0 heterocycles. The maximum Gasteiger partial charge on any atom is 0.0738 e. The van der Waals surface area contributed by atoms with Gasteiger partial charge >= 0.3 is 0 Å². The SMILES string of the molecule is C=CC[C@]1(O)CC[C@@H]2[C@@H]3CC=C4C[C@H](O)CC[C@@]4(C)[C@H]3CC[C@]21C. The lowest BCUT2D eigenvalue weighted by Crippen LogP contribution is -2.54. The lowest BCUT2D eigenvalue weighted by atomic mass is 9.47. The van der Waals surface area contributed by atoms with Gasteiger partial charge in [-0.05, 0) is 86.4 Å². The van der Waals surface area contributed by atoms with Crippen LogP contribution in [0.1, 0.15) is 71.6 Å². The maximum absolute atomic E-state index is 11.3. The molecule has 2 heteroatoms. The van der Waals surface area contributed by atoms with Crippen LogP contribution in [0.5, 0.6) is 0 Å². The molecule has 3 fully saturated rings. The second-order valence-electron chi connectivity index (χ2n) is 9.68. The van der Waals surface area contributed by atoms with Crippen molar-refractivity contribution in [3.63, 3.8) is 0 Å². The van der Waals surface area contributed by atoms with E-state index in [9.17, 15) is 10.2 Å². The second-order valence-corrected chi connectivity index (χ2v) is 9.68. The van der Waals surface area contributed by atoms with Crippen LogP contribution in [0.25, 0.3) is 0 Å². The molecule has 2 N–H and O–H groups in total. The van der Waals surface area contributed by atoms with Gasteiger partial charge in [0, 0.05) is 0 Å². The molecular formula is C22H34O2. The lowest BCUT2D eigenvalue weighted by Gasteiger charge is -2.59. The molecule has 0 aromatic rings. The smallest absolute Gasteiger partial charge is 0.0738 e. The predicted octanol–water partition coefficient (Wildman–Crippen LogP) is 4.62. The summed E-state index contributed by atoms with van der Waals surface area (Å²) in [6.07, 6.45) is 13.6. The van der Waals surface area contributed by atoms with E-state index >= 15 is 0 Å². The van der Waals surface area contributed by atoms with E-state index in [4.69, 9.17) is 0 Å². The highest BCUT2D eigenvalue weighted by molar-refractivity contribution is 5.26. The van der Waals surface area contributed by atoms with Crippen molar-refractivity contribution in [3.05, 3.63) is 24.3 Å². The van der Waals surface area contributed by atoms with Crippen molar-refractivity contribution in [2.75, 3.05) is 0 Å². The van der Waals surface area contributed by atoms with E-state index in [2.05, 4.69) is 26.5 Å². The molecule has 24 heavy (non-hydrogen) atoms. The Kier molecular flexibility index (Phi) is 3.82. The van der Waals surface area contributed by atoms with Crippen LogP contribution in [0.4, 0.5) is 0 Å². The quantitative estimate of drug-likeness (QED) is 0.725. The minimum atomic E-state index is -0.544. The van der Waals surface area contributed by atoms with Crippen LogP contribution in [0.2, 0.25) is 0 Å². The van der Waals surface area contributed by atoms with Crippen LogP contribution in [0.3, 0.4) is 0 Å². The van der Waals surface area contributed by atoms with Gasteiger partial charge in [-0.1, -0.05) is 31.6 Å². The maximum atomic E-state index is 11.3. The van der Waals surface area contributed by atoms with Crippen LogP contribution in [-0.2, 0) is 0 Å². The third kappa shape index (κ3) is 2.08. The lowest BCUT2D eigenvalue weighted by molar-refractivity contribution is -0.122. The first-order valence-electron chi connectivity index (χ1n) is 10.0. The highest BCUT2D eigenvalue weighted by atomic mass is 16.3. The number of aliphatic hydroxyl groups excluding tert-OH is 1. The second kappa shape index (κ2) is 5.45. The van der Waals surface area contributed by atoms with Crippen molar-refractivity contribution in [1.82, 2.24) is 0 Å². The summed E-state index contributed by atoms with van der Waals surface area (Å²) in [5.41, 5.74) is 1.34. The van der Waals surface area contributed by atoms with Gasteiger partial charge in [-0.15, -0.1) is 6.58 Å². The first-order valence-corrected chi connectivity index (χ1v) is 10.0. The highest BCUT2D eigenvalue weighted by Gasteiger charge is 2.63. The first kappa shape index (κ1) is 16.8. The number of hydrogen-bond acceptors (Lipinski definition) is 2. The van der Waals surface area contributed by atoms with Gasteiger partial charge in [-0.25, -0.2) is 0 Å². The molecule has 0 radical (unpaired) electrons. The Bertz CT molecular complexity index is 566. The molecule has 0 amide bonds. The molecule has 0 saturated heterocycles. The third-order valence-corrected chi connectivity index (χ3v) is 8.88. The fourth-order valence-electron chi connectivity index (χ4n) is 7.33. The van der Waals surface area contributed by atoms with E-state index < -0.39 is 5.60 Å². The van der Waals surface area contributed by atoms with E-state index in [1.54, 1.807) is 0 Å². The molecular weight excluding hydrogens is 296 g/mol. The van der Waals surface area contributed by atoms with Gasteiger partial charge in [0.05, 0.1) is 11.7 Å². The fraction of sp³-hybridized carbons (Fsp3) is 0.818. The predicted molar refractivity (Wildman–Crippen MR) is 97.5 cm³/mol. The average Bonchev–Trinajstić information content (AvgIpc) is 2.80. The molecule has 4 aliphatic carbocycles. The van der Waals surface area contributed by atoms with Gasteiger partial charge in [-0.3, -0.25) is 0 Å². The van der Waals surface area contributed by atoms with Crippen LogP contribution in [0, 0.1) is 28.6 Å². The molecule has 2 nitrogen and oxygen atoms in total.